The van der Waals surface area contributed by atoms with Crippen molar-refractivity contribution in [3.05, 3.63) is 62.4 Å². The molecule has 0 aliphatic rings. The van der Waals surface area contributed by atoms with Crippen LogP contribution in [0.5, 0.6) is 0 Å². The molecule has 16 heavy (non-hydrogen) atoms. The van der Waals surface area contributed by atoms with Gasteiger partial charge in [0.15, 0.2) is 0 Å². The van der Waals surface area contributed by atoms with E-state index < -0.39 is 0 Å². The molecule has 2 aromatic rings. The number of pyridine rings is 1. The maximum absolute atomic E-state index is 10.6. The Morgan fingerprint density at radius 1 is 1.06 bits per heavy atom. The van der Waals surface area contributed by atoms with Crippen LogP contribution in [-0.4, -0.2) is 15.2 Å². The lowest BCUT2D eigenvalue weighted by Gasteiger charge is -1.83. The third kappa shape index (κ3) is 3.53. The van der Waals surface area contributed by atoms with Crippen molar-refractivity contribution < 1.29 is 0 Å². The van der Waals surface area contributed by atoms with Gasteiger partial charge < -0.3 is 4.98 Å². The van der Waals surface area contributed by atoms with Gasteiger partial charge in [-0.2, -0.15) is 5.10 Å². The normalized spacial score (nSPS) is 9.12. The van der Waals surface area contributed by atoms with Crippen molar-refractivity contribution in [2.24, 2.45) is 0 Å². The molecule has 0 aromatic carbocycles. The molecule has 0 aliphatic heterocycles. The molecule has 2 rings (SSSR count). The highest BCUT2D eigenvalue weighted by atomic mass is 16.1. The second-order valence-corrected chi connectivity index (χ2v) is 3.25. The Bertz CT molecular complexity index is 506. The molecule has 0 amide bonds. The van der Waals surface area contributed by atoms with Gasteiger partial charge in [0.1, 0.15) is 0 Å². The summed E-state index contributed by atoms with van der Waals surface area (Å²) in [5.41, 5.74) is 1.33. The van der Waals surface area contributed by atoms with Crippen molar-refractivity contribution in [1.82, 2.24) is 15.2 Å². The Kier molecular flexibility index (Phi) is 4.20. The minimum absolute atomic E-state index is 0.00694. The van der Waals surface area contributed by atoms with Crippen molar-refractivity contribution in [3.8, 4) is 0 Å². The third-order valence-corrected chi connectivity index (χ3v) is 1.94. The van der Waals surface area contributed by atoms with Gasteiger partial charge in [0.2, 0.25) is 0 Å². The molecule has 5 nitrogen and oxygen atoms in total. The number of aromatic amines is 2. The highest BCUT2D eigenvalue weighted by Crippen LogP contribution is 1.81. The molecule has 0 radical (unpaired) electrons. The van der Waals surface area contributed by atoms with Gasteiger partial charge in [-0.25, -0.2) is 5.10 Å². The van der Waals surface area contributed by atoms with Gasteiger partial charge >= 0.3 is 0 Å². The van der Waals surface area contributed by atoms with E-state index >= 15 is 0 Å². The first-order valence-corrected chi connectivity index (χ1v) is 4.76. The lowest BCUT2D eigenvalue weighted by molar-refractivity contribution is 0.969. The summed E-state index contributed by atoms with van der Waals surface area (Å²) in [6, 6.07) is 5.24. The molecule has 2 heterocycles. The standard InChI is InChI=1S/C6H7NO.C5H6N2O/c1-5-3-2-4-7-6(5)8;1-4-2-3-6-7-5(4)8/h2-4H,1H3,(H,7,8);2-3H,1H3,(H,7,8). The molecule has 84 valence electrons. The Balaban J connectivity index is 0.000000160. The second kappa shape index (κ2) is 5.65. The highest BCUT2D eigenvalue weighted by Gasteiger charge is 1.85. The number of hydrogen-bond donors (Lipinski definition) is 2. The predicted molar refractivity (Wildman–Crippen MR) is 61.4 cm³/mol. The van der Waals surface area contributed by atoms with E-state index in [-0.39, 0.29) is 11.1 Å². The summed E-state index contributed by atoms with van der Waals surface area (Å²) in [5.74, 6) is 0. The molecular formula is C11H13N3O2. The molecular weight excluding hydrogens is 206 g/mol. The van der Waals surface area contributed by atoms with E-state index in [2.05, 4.69) is 15.2 Å². The van der Waals surface area contributed by atoms with E-state index in [1.165, 1.54) is 0 Å². The first-order valence-electron chi connectivity index (χ1n) is 4.76. The van der Waals surface area contributed by atoms with Gasteiger partial charge in [-0.1, -0.05) is 6.07 Å². The fourth-order valence-electron chi connectivity index (χ4n) is 0.915. The molecule has 5 heteroatoms. The van der Waals surface area contributed by atoms with Gasteiger partial charge in [-0.05, 0) is 26.0 Å². The van der Waals surface area contributed by atoms with Crippen molar-refractivity contribution in [2.75, 3.05) is 0 Å². The van der Waals surface area contributed by atoms with Gasteiger partial charge in [0, 0.05) is 23.5 Å². The Hall–Kier alpha value is -2.17. The third-order valence-electron chi connectivity index (χ3n) is 1.94. The van der Waals surface area contributed by atoms with E-state index in [1.54, 1.807) is 44.4 Å². The number of nitrogens with zero attached hydrogens (tertiary/aromatic N) is 1. The van der Waals surface area contributed by atoms with Crippen LogP contribution in [0.25, 0.3) is 0 Å². The molecule has 0 atom stereocenters. The van der Waals surface area contributed by atoms with E-state index in [1.807, 2.05) is 0 Å². The monoisotopic (exact) mass is 219 g/mol. The molecule has 0 aliphatic carbocycles. The summed E-state index contributed by atoms with van der Waals surface area (Å²) >= 11 is 0. The zero-order chi connectivity index (χ0) is 12.0. The topological polar surface area (TPSA) is 78.6 Å². The summed E-state index contributed by atoms with van der Waals surface area (Å²) in [5, 5.41) is 5.80. The predicted octanol–water partition coefficient (Wildman–Crippen LogP) is 0.762. The Morgan fingerprint density at radius 3 is 2.12 bits per heavy atom. The second-order valence-electron chi connectivity index (χ2n) is 3.25. The molecule has 0 saturated carbocycles. The number of H-pyrrole nitrogens is 2. The molecule has 0 saturated heterocycles. The van der Waals surface area contributed by atoms with Crippen LogP contribution in [0.3, 0.4) is 0 Å². The minimum Gasteiger partial charge on any atom is -0.329 e. The van der Waals surface area contributed by atoms with E-state index in [0.29, 0.717) is 5.56 Å². The first kappa shape index (κ1) is 11.9. The SMILES string of the molecule is Cc1ccc[nH]c1=O.Cc1ccn[nH]c1=O. The van der Waals surface area contributed by atoms with Gasteiger partial charge in [-0.15, -0.1) is 0 Å². The fraction of sp³-hybridized carbons (Fsp3) is 0.182. The fourth-order valence-corrected chi connectivity index (χ4v) is 0.915. The Labute approximate surface area is 92.2 Å². The zero-order valence-electron chi connectivity index (χ0n) is 9.15. The number of hydrogen-bond acceptors (Lipinski definition) is 3. The molecule has 0 spiro atoms. The van der Waals surface area contributed by atoms with E-state index in [4.69, 9.17) is 0 Å². The minimum atomic E-state index is -0.118. The van der Waals surface area contributed by atoms with Gasteiger partial charge in [0.25, 0.3) is 11.1 Å². The largest absolute Gasteiger partial charge is 0.329 e. The maximum Gasteiger partial charge on any atom is 0.267 e. The van der Waals surface area contributed by atoms with Crippen LogP contribution in [-0.2, 0) is 0 Å². The average Bonchev–Trinajstić information content (AvgIpc) is 2.28. The Morgan fingerprint density at radius 2 is 1.75 bits per heavy atom. The molecule has 2 aromatic heterocycles. The molecule has 0 unspecified atom stereocenters. The summed E-state index contributed by atoms with van der Waals surface area (Å²) in [6.45, 7) is 3.51. The maximum atomic E-state index is 10.6. The van der Waals surface area contributed by atoms with Crippen molar-refractivity contribution in [1.29, 1.82) is 0 Å². The smallest absolute Gasteiger partial charge is 0.267 e. The van der Waals surface area contributed by atoms with Crippen LogP contribution < -0.4 is 11.1 Å². The quantitative estimate of drug-likeness (QED) is 0.686. The van der Waals surface area contributed by atoms with Crippen molar-refractivity contribution >= 4 is 0 Å². The summed E-state index contributed by atoms with van der Waals surface area (Å²) in [4.78, 5) is 23.6. The van der Waals surface area contributed by atoms with Gasteiger partial charge in [-0.3, -0.25) is 9.59 Å². The van der Waals surface area contributed by atoms with Crippen LogP contribution in [0.1, 0.15) is 11.1 Å². The molecule has 0 fully saturated rings. The van der Waals surface area contributed by atoms with Crippen LogP contribution in [0.2, 0.25) is 0 Å². The van der Waals surface area contributed by atoms with Crippen LogP contribution in [0.15, 0.2) is 40.2 Å². The number of nitrogens with one attached hydrogen (secondary N) is 2. The number of aryl methyl sites for hydroxylation is 2. The van der Waals surface area contributed by atoms with Crippen molar-refractivity contribution in [3.63, 3.8) is 0 Å². The summed E-state index contributed by atoms with van der Waals surface area (Å²) in [7, 11) is 0. The lowest BCUT2D eigenvalue weighted by Crippen LogP contribution is -2.08. The van der Waals surface area contributed by atoms with Crippen LogP contribution in [0.4, 0.5) is 0 Å². The van der Waals surface area contributed by atoms with E-state index in [9.17, 15) is 9.59 Å². The van der Waals surface area contributed by atoms with Crippen LogP contribution >= 0.6 is 0 Å². The summed E-state index contributed by atoms with van der Waals surface area (Å²) < 4.78 is 0. The lowest BCUT2D eigenvalue weighted by atomic mass is 10.3. The average molecular weight is 219 g/mol. The summed E-state index contributed by atoms with van der Waals surface area (Å²) in [6.07, 6.45) is 3.17. The number of rotatable bonds is 0. The first-order chi connectivity index (χ1) is 7.61. The number of aromatic nitrogens is 3. The zero-order valence-corrected chi connectivity index (χ0v) is 9.15. The van der Waals surface area contributed by atoms with Crippen LogP contribution in [0, 0.1) is 13.8 Å². The highest BCUT2D eigenvalue weighted by molar-refractivity contribution is 5.05. The van der Waals surface area contributed by atoms with E-state index in [0.717, 1.165) is 5.56 Å². The molecule has 2 N–H and O–H groups in total. The molecule has 0 bridgehead atoms. The van der Waals surface area contributed by atoms with Gasteiger partial charge in [0.05, 0.1) is 0 Å². The van der Waals surface area contributed by atoms with Crippen molar-refractivity contribution in [2.45, 2.75) is 13.8 Å².